The second-order valence-corrected chi connectivity index (χ2v) is 5.34. The molecule has 19 heavy (non-hydrogen) atoms. The van der Waals surface area contributed by atoms with E-state index in [1.165, 1.54) is 0 Å². The van der Waals surface area contributed by atoms with Crippen molar-refractivity contribution in [3.63, 3.8) is 0 Å². The number of fused-ring (bicyclic) bond motifs is 1. The molecule has 0 unspecified atom stereocenters. The van der Waals surface area contributed by atoms with Crippen molar-refractivity contribution in [2.24, 2.45) is 0 Å². The van der Waals surface area contributed by atoms with Gasteiger partial charge in [0.1, 0.15) is 0 Å². The molecule has 0 aliphatic carbocycles. The van der Waals surface area contributed by atoms with Crippen LogP contribution in [0.2, 0.25) is 0 Å². The molecule has 1 saturated heterocycles. The van der Waals surface area contributed by atoms with E-state index in [4.69, 9.17) is 4.74 Å². The Morgan fingerprint density at radius 1 is 1.42 bits per heavy atom. The summed E-state index contributed by atoms with van der Waals surface area (Å²) in [6, 6.07) is 2.01. The molecule has 0 bridgehead atoms. The van der Waals surface area contributed by atoms with Gasteiger partial charge in [-0.15, -0.1) is 0 Å². The Morgan fingerprint density at radius 3 is 2.95 bits per heavy atom. The summed E-state index contributed by atoms with van der Waals surface area (Å²) in [7, 11) is 2.11. The Bertz CT molecular complexity index is 440. The lowest BCUT2D eigenvalue weighted by atomic mass is 10.1. The highest BCUT2D eigenvalue weighted by molar-refractivity contribution is 5.92. The monoisotopic (exact) mass is 264 g/mol. The molecule has 1 fully saturated rings. The first kappa shape index (κ1) is 12.5. The number of carbonyl (C=O) groups is 1. The number of hydrogen-bond donors (Lipinski definition) is 1. The molecule has 2 aliphatic heterocycles. The number of aryl methyl sites for hydroxylation is 1. The van der Waals surface area contributed by atoms with Gasteiger partial charge < -0.3 is 15.0 Å². The Kier molecular flexibility index (Phi) is 3.42. The molecule has 1 amide bonds. The van der Waals surface area contributed by atoms with Crippen LogP contribution in [0.4, 0.5) is 0 Å². The van der Waals surface area contributed by atoms with Gasteiger partial charge in [-0.25, -0.2) is 4.68 Å². The van der Waals surface area contributed by atoms with Gasteiger partial charge in [-0.3, -0.25) is 4.79 Å². The number of amides is 1. The van der Waals surface area contributed by atoms with Crippen LogP contribution < -0.4 is 10.1 Å². The topological polar surface area (TPSA) is 59.4 Å². The molecular formula is C13H20N4O2. The van der Waals surface area contributed by atoms with Gasteiger partial charge in [0, 0.05) is 25.1 Å². The van der Waals surface area contributed by atoms with Crippen molar-refractivity contribution in [2.75, 3.05) is 26.7 Å². The molecule has 3 rings (SSSR count). The highest BCUT2D eigenvalue weighted by Gasteiger charge is 2.22. The lowest BCUT2D eigenvalue weighted by molar-refractivity contribution is 0.0911. The van der Waals surface area contributed by atoms with E-state index in [1.54, 1.807) is 10.7 Å². The summed E-state index contributed by atoms with van der Waals surface area (Å²) in [5.74, 6) is 0.625. The molecule has 104 valence electrons. The molecule has 1 N–H and O–H groups in total. The Balaban J connectivity index is 1.62. The summed E-state index contributed by atoms with van der Waals surface area (Å²) in [4.78, 5) is 14.4. The van der Waals surface area contributed by atoms with Crippen molar-refractivity contribution in [1.29, 1.82) is 0 Å². The van der Waals surface area contributed by atoms with E-state index in [0.29, 0.717) is 18.2 Å². The third-order valence-electron chi connectivity index (χ3n) is 3.79. The lowest BCUT2D eigenvalue weighted by Crippen LogP contribution is -2.43. The zero-order valence-corrected chi connectivity index (χ0v) is 11.3. The number of hydrogen-bond acceptors (Lipinski definition) is 4. The molecule has 0 aromatic carbocycles. The second kappa shape index (κ2) is 5.21. The number of ether oxygens (including phenoxy) is 1. The van der Waals surface area contributed by atoms with Crippen molar-refractivity contribution in [1.82, 2.24) is 20.0 Å². The number of carbonyl (C=O) groups excluding carboxylic acids is 1. The number of aromatic nitrogens is 2. The largest absolute Gasteiger partial charge is 0.478 e. The fraction of sp³-hybridized carbons (Fsp3) is 0.692. The third-order valence-corrected chi connectivity index (χ3v) is 3.79. The van der Waals surface area contributed by atoms with Gasteiger partial charge in [-0.1, -0.05) is 0 Å². The van der Waals surface area contributed by atoms with Gasteiger partial charge >= 0.3 is 0 Å². The number of nitrogens with zero attached hydrogens (tertiary/aromatic N) is 3. The van der Waals surface area contributed by atoms with Crippen LogP contribution >= 0.6 is 0 Å². The fourth-order valence-corrected chi connectivity index (χ4v) is 2.59. The van der Waals surface area contributed by atoms with E-state index in [0.717, 1.165) is 38.9 Å². The lowest BCUT2D eigenvalue weighted by Gasteiger charge is -2.29. The first-order valence-electron chi connectivity index (χ1n) is 6.92. The third kappa shape index (κ3) is 2.73. The number of likely N-dealkylation sites (tertiary alicyclic amines) is 1. The van der Waals surface area contributed by atoms with Crippen molar-refractivity contribution in [3.05, 3.63) is 11.8 Å². The highest BCUT2D eigenvalue weighted by atomic mass is 16.5. The zero-order valence-electron chi connectivity index (χ0n) is 11.3. The molecule has 0 spiro atoms. The number of rotatable bonds is 2. The van der Waals surface area contributed by atoms with Crippen LogP contribution in [0.25, 0.3) is 0 Å². The maximum Gasteiger partial charge on any atom is 0.272 e. The normalized spacial score (nSPS) is 20.7. The smallest absolute Gasteiger partial charge is 0.272 e. The molecule has 6 heteroatoms. The van der Waals surface area contributed by atoms with E-state index in [2.05, 4.69) is 22.4 Å². The average molecular weight is 264 g/mol. The maximum atomic E-state index is 12.2. The zero-order chi connectivity index (χ0) is 13.2. The fourth-order valence-electron chi connectivity index (χ4n) is 2.59. The predicted octanol–water partition coefficient (Wildman–Crippen LogP) is 0.490. The van der Waals surface area contributed by atoms with E-state index >= 15 is 0 Å². The molecule has 0 radical (unpaired) electrons. The van der Waals surface area contributed by atoms with Crippen molar-refractivity contribution in [2.45, 2.75) is 31.8 Å². The van der Waals surface area contributed by atoms with E-state index in [-0.39, 0.29) is 11.9 Å². The number of nitrogens with one attached hydrogen (secondary N) is 1. The van der Waals surface area contributed by atoms with Gasteiger partial charge in [0.15, 0.2) is 5.69 Å². The van der Waals surface area contributed by atoms with E-state index in [9.17, 15) is 4.79 Å². The molecule has 6 nitrogen and oxygen atoms in total. The summed E-state index contributed by atoms with van der Waals surface area (Å²) in [6.07, 6.45) is 2.96. The van der Waals surface area contributed by atoms with Crippen LogP contribution in [-0.2, 0) is 6.54 Å². The van der Waals surface area contributed by atoms with Crippen LogP contribution in [0.3, 0.4) is 0 Å². The minimum atomic E-state index is -0.0833. The molecule has 0 saturated carbocycles. The van der Waals surface area contributed by atoms with Crippen LogP contribution in [0.5, 0.6) is 5.88 Å². The summed E-state index contributed by atoms with van der Waals surface area (Å²) < 4.78 is 7.24. The summed E-state index contributed by atoms with van der Waals surface area (Å²) in [6.45, 7) is 3.61. The standard InChI is InChI=1S/C13H20N4O2/c1-16-6-3-10(4-7-16)14-13(18)11-9-12-17(15-11)5-2-8-19-12/h9-10H,2-8H2,1H3,(H,14,18). The Morgan fingerprint density at radius 2 is 2.21 bits per heavy atom. The van der Waals surface area contributed by atoms with Crippen LogP contribution in [-0.4, -0.2) is 53.4 Å². The SMILES string of the molecule is CN1CCC(NC(=O)c2cc3n(n2)CCCO3)CC1. The van der Waals surface area contributed by atoms with Crippen molar-refractivity contribution < 1.29 is 9.53 Å². The summed E-state index contributed by atoms with van der Waals surface area (Å²) in [5.41, 5.74) is 0.468. The summed E-state index contributed by atoms with van der Waals surface area (Å²) in [5, 5.41) is 7.37. The Hall–Kier alpha value is -1.56. The molecule has 1 aromatic rings. The predicted molar refractivity (Wildman–Crippen MR) is 70.3 cm³/mol. The van der Waals surface area contributed by atoms with Gasteiger partial charge in [0.05, 0.1) is 6.61 Å². The highest BCUT2D eigenvalue weighted by Crippen LogP contribution is 2.18. The van der Waals surface area contributed by atoms with Gasteiger partial charge in [0.2, 0.25) is 5.88 Å². The van der Waals surface area contributed by atoms with E-state index < -0.39 is 0 Å². The molecule has 2 aliphatic rings. The minimum Gasteiger partial charge on any atom is -0.478 e. The van der Waals surface area contributed by atoms with Crippen molar-refractivity contribution in [3.8, 4) is 5.88 Å². The van der Waals surface area contributed by atoms with Crippen LogP contribution in [0.1, 0.15) is 29.8 Å². The molecule has 0 atom stereocenters. The molecule has 3 heterocycles. The number of piperidine rings is 1. The Labute approximate surface area is 112 Å². The minimum absolute atomic E-state index is 0.0833. The quantitative estimate of drug-likeness (QED) is 0.844. The molecular weight excluding hydrogens is 244 g/mol. The maximum absolute atomic E-state index is 12.2. The van der Waals surface area contributed by atoms with E-state index in [1.807, 2.05) is 0 Å². The van der Waals surface area contributed by atoms with Crippen LogP contribution in [0, 0.1) is 0 Å². The second-order valence-electron chi connectivity index (χ2n) is 5.34. The average Bonchev–Trinajstić information content (AvgIpc) is 2.85. The van der Waals surface area contributed by atoms with Crippen molar-refractivity contribution >= 4 is 5.91 Å². The molecule has 1 aromatic heterocycles. The van der Waals surface area contributed by atoms with Crippen LogP contribution in [0.15, 0.2) is 6.07 Å². The van der Waals surface area contributed by atoms with Gasteiger partial charge in [-0.05, 0) is 33.0 Å². The first-order chi connectivity index (χ1) is 9.22. The summed E-state index contributed by atoms with van der Waals surface area (Å²) >= 11 is 0. The van der Waals surface area contributed by atoms with Gasteiger partial charge in [-0.2, -0.15) is 5.10 Å². The first-order valence-corrected chi connectivity index (χ1v) is 6.92. The van der Waals surface area contributed by atoms with Gasteiger partial charge in [0.25, 0.3) is 5.91 Å².